The van der Waals surface area contributed by atoms with Crippen LogP contribution in [0.1, 0.15) is 38.9 Å². The number of aromatic nitrogens is 3. The number of nitrogens with zero attached hydrogens (tertiary/aromatic N) is 4. The Bertz CT molecular complexity index is 1840. The lowest BCUT2D eigenvalue weighted by molar-refractivity contribution is -0.116. The molecule has 11 nitrogen and oxygen atoms in total. The predicted octanol–water partition coefficient (Wildman–Crippen LogP) is 5.71. The third kappa shape index (κ3) is 6.57. The summed E-state index contributed by atoms with van der Waals surface area (Å²) in [7, 11) is 1.56. The van der Waals surface area contributed by atoms with Crippen molar-refractivity contribution in [2.24, 2.45) is 0 Å². The molecule has 0 bridgehead atoms. The van der Waals surface area contributed by atoms with E-state index in [0.29, 0.717) is 22.8 Å². The highest BCUT2D eigenvalue weighted by molar-refractivity contribution is 6.02. The summed E-state index contributed by atoms with van der Waals surface area (Å²) in [4.78, 5) is 26.2. The van der Waals surface area contributed by atoms with Gasteiger partial charge >= 0.3 is 0 Å². The van der Waals surface area contributed by atoms with Crippen molar-refractivity contribution >= 4 is 28.9 Å². The second-order valence-corrected chi connectivity index (χ2v) is 10.7. The summed E-state index contributed by atoms with van der Waals surface area (Å²) in [5.41, 5.74) is 9.56. The van der Waals surface area contributed by atoms with E-state index in [9.17, 15) is 9.59 Å². The summed E-state index contributed by atoms with van der Waals surface area (Å²) < 4.78 is 13.2. The van der Waals surface area contributed by atoms with Crippen LogP contribution in [0.15, 0.2) is 97.2 Å². The number of fused-ring (bicyclic) bond motifs is 1. The van der Waals surface area contributed by atoms with Crippen molar-refractivity contribution in [3.05, 3.63) is 125 Å². The maximum atomic E-state index is 13.6. The number of para-hydroxylation sites is 2. The Morgan fingerprint density at radius 1 is 0.956 bits per heavy atom. The number of ether oxygens (including phenoxy) is 2. The zero-order valence-corrected chi connectivity index (χ0v) is 25.2. The van der Waals surface area contributed by atoms with E-state index in [0.717, 1.165) is 33.8 Å². The molecule has 1 aromatic heterocycles. The van der Waals surface area contributed by atoms with E-state index in [1.54, 1.807) is 30.4 Å². The topological polar surface area (TPSA) is 123 Å². The normalized spacial score (nSPS) is 13.9. The summed E-state index contributed by atoms with van der Waals surface area (Å²) in [6.45, 7) is 4.09. The molecular formula is C34H33N7O4. The van der Waals surface area contributed by atoms with E-state index in [2.05, 4.69) is 26.4 Å². The van der Waals surface area contributed by atoms with Crippen molar-refractivity contribution in [2.75, 3.05) is 23.2 Å². The molecule has 0 saturated heterocycles. The van der Waals surface area contributed by atoms with Crippen molar-refractivity contribution in [3.8, 4) is 11.5 Å². The van der Waals surface area contributed by atoms with Gasteiger partial charge in [-0.15, -0.1) is 5.10 Å². The van der Waals surface area contributed by atoms with Crippen LogP contribution in [0.2, 0.25) is 0 Å². The van der Waals surface area contributed by atoms with E-state index in [4.69, 9.17) is 9.47 Å². The maximum absolute atomic E-state index is 13.6. The van der Waals surface area contributed by atoms with Gasteiger partial charge in [0.2, 0.25) is 5.91 Å². The Kier molecular flexibility index (Phi) is 8.32. The lowest BCUT2D eigenvalue weighted by atomic mass is 10.0. The summed E-state index contributed by atoms with van der Waals surface area (Å²) in [6, 6.07) is 28.3. The number of amides is 2. The minimum Gasteiger partial charge on any atom is -0.493 e. The number of benzene rings is 4. The van der Waals surface area contributed by atoms with Gasteiger partial charge in [0, 0.05) is 16.9 Å². The number of anilines is 3. The van der Waals surface area contributed by atoms with Gasteiger partial charge in [-0.25, -0.2) is 9.69 Å². The van der Waals surface area contributed by atoms with Crippen LogP contribution in [0.4, 0.5) is 17.1 Å². The molecule has 4 aromatic carbocycles. The maximum Gasteiger partial charge on any atom is 0.276 e. The van der Waals surface area contributed by atoms with Crippen LogP contribution >= 0.6 is 0 Å². The van der Waals surface area contributed by atoms with Crippen LogP contribution in [-0.2, 0) is 17.9 Å². The fourth-order valence-corrected chi connectivity index (χ4v) is 5.15. The van der Waals surface area contributed by atoms with Gasteiger partial charge < -0.3 is 20.1 Å². The van der Waals surface area contributed by atoms with Gasteiger partial charge in [-0.05, 0) is 61.9 Å². The second kappa shape index (κ2) is 12.8. The van der Waals surface area contributed by atoms with Gasteiger partial charge in [0.1, 0.15) is 25.0 Å². The third-order valence-corrected chi connectivity index (χ3v) is 7.38. The molecule has 11 heteroatoms. The smallest absolute Gasteiger partial charge is 0.276 e. The van der Waals surface area contributed by atoms with E-state index < -0.39 is 6.17 Å². The quantitative estimate of drug-likeness (QED) is 0.185. The molecule has 5 aromatic rings. The number of carbonyl (C=O) groups is 2. The van der Waals surface area contributed by atoms with Gasteiger partial charge in [0.25, 0.3) is 5.91 Å². The molecule has 3 N–H and O–H groups in total. The molecule has 2 heterocycles. The number of rotatable bonds is 10. The second-order valence-electron chi connectivity index (χ2n) is 10.7. The predicted molar refractivity (Wildman–Crippen MR) is 171 cm³/mol. The van der Waals surface area contributed by atoms with Crippen LogP contribution < -0.4 is 25.5 Å². The highest BCUT2D eigenvalue weighted by Gasteiger charge is 2.34. The molecular weight excluding hydrogens is 570 g/mol. The van der Waals surface area contributed by atoms with Gasteiger partial charge in [-0.3, -0.25) is 15.0 Å². The number of hydrogen-bond acceptors (Lipinski definition) is 8. The molecule has 0 radical (unpaired) electrons. The molecule has 1 unspecified atom stereocenters. The zero-order chi connectivity index (χ0) is 31.3. The van der Waals surface area contributed by atoms with Crippen LogP contribution in [0.25, 0.3) is 0 Å². The van der Waals surface area contributed by atoms with Gasteiger partial charge in [-0.2, -0.15) is 0 Å². The molecule has 0 fully saturated rings. The molecule has 0 saturated carbocycles. The highest BCUT2D eigenvalue weighted by Crippen LogP contribution is 2.37. The minimum absolute atomic E-state index is 0.0160. The van der Waals surface area contributed by atoms with Crippen molar-refractivity contribution < 1.29 is 19.1 Å². The summed E-state index contributed by atoms with van der Waals surface area (Å²) in [6.07, 6.45) is 1.13. The number of aryl methyl sites for hydroxylation is 2. The first-order valence-electron chi connectivity index (χ1n) is 14.5. The van der Waals surface area contributed by atoms with Gasteiger partial charge in [0.15, 0.2) is 11.5 Å². The van der Waals surface area contributed by atoms with Crippen LogP contribution in [-0.4, -0.2) is 38.9 Å². The number of hydrogen-bond donors (Lipinski definition) is 3. The number of hydrazine groups is 1. The molecule has 2 amide bonds. The Morgan fingerprint density at radius 3 is 2.56 bits per heavy atom. The van der Waals surface area contributed by atoms with Crippen molar-refractivity contribution in [1.82, 2.24) is 20.0 Å². The summed E-state index contributed by atoms with van der Waals surface area (Å²) >= 11 is 0. The first kappa shape index (κ1) is 29.2. The molecule has 6 rings (SSSR count). The van der Waals surface area contributed by atoms with Crippen molar-refractivity contribution in [1.29, 1.82) is 0 Å². The van der Waals surface area contributed by atoms with E-state index in [1.807, 2.05) is 92.7 Å². The molecule has 1 aliphatic heterocycles. The average molecular weight is 604 g/mol. The van der Waals surface area contributed by atoms with Crippen LogP contribution in [0.5, 0.6) is 11.5 Å². The van der Waals surface area contributed by atoms with Crippen LogP contribution in [0, 0.1) is 13.8 Å². The molecule has 228 valence electrons. The summed E-state index contributed by atoms with van der Waals surface area (Å²) in [5.74, 6) is 0.613. The van der Waals surface area contributed by atoms with E-state index >= 15 is 0 Å². The van der Waals surface area contributed by atoms with Crippen molar-refractivity contribution in [3.63, 3.8) is 0 Å². The monoisotopic (exact) mass is 603 g/mol. The fraction of sp³-hybridized carbons (Fsp3) is 0.176. The lowest BCUT2D eigenvalue weighted by Gasteiger charge is -2.38. The largest absolute Gasteiger partial charge is 0.493 e. The Labute approximate surface area is 260 Å². The number of carbonyl (C=O) groups excluding carboxylic acids is 2. The standard InChI is InChI=1S/C34H33N7O4/c1-22-13-15-28(23(2)17-22)35-32(42)20-40-19-26(37-39-40)21-45-30-16-14-24(18-31(30)44-3)33-36-29-12-8-7-11-27(29)34(43)41(33)38-25-9-5-4-6-10-25/h4-19,33,36,38H,20-21H2,1-3H3,(H,35,42). The first-order chi connectivity index (χ1) is 21.9. The number of methoxy groups -OCH3 is 1. The molecule has 0 spiro atoms. The van der Waals surface area contributed by atoms with Crippen LogP contribution in [0.3, 0.4) is 0 Å². The van der Waals surface area contributed by atoms with E-state index in [-0.39, 0.29) is 25.0 Å². The van der Waals surface area contributed by atoms with E-state index in [1.165, 1.54) is 4.68 Å². The Hall–Kier alpha value is -5.84. The SMILES string of the molecule is COc1cc(C2Nc3ccccc3C(=O)N2Nc2ccccc2)ccc1OCc1cn(CC(=O)Nc2ccc(C)cc2C)nn1. The minimum atomic E-state index is -0.537. The van der Waals surface area contributed by atoms with Gasteiger partial charge in [-0.1, -0.05) is 59.3 Å². The summed E-state index contributed by atoms with van der Waals surface area (Å²) in [5, 5.41) is 16.2. The fourth-order valence-electron chi connectivity index (χ4n) is 5.15. The highest BCUT2D eigenvalue weighted by atomic mass is 16.5. The molecule has 0 aliphatic carbocycles. The average Bonchev–Trinajstić information content (AvgIpc) is 3.50. The lowest BCUT2D eigenvalue weighted by Crippen LogP contribution is -2.46. The number of nitrogens with one attached hydrogen (secondary N) is 3. The zero-order valence-electron chi connectivity index (χ0n) is 25.2. The third-order valence-electron chi connectivity index (χ3n) is 7.38. The Balaban J connectivity index is 1.15. The van der Waals surface area contributed by atoms with Gasteiger partial charge in [0.05, 0.1) is 24.6 Å². The van der Waals surface area contributed by atoms with Crippen molar-refractivity contribution in [2.45, 2.75) is 33.2 Å². The molecule has 45 heavy (non-hydrogen) atoms. The molecule has 1 atom stereocenters. The molecule has 1 aliphatic rings. The Morgan fingerprint density at radius 2 is 1.76 bits per heavy atom. The first-order valence-corrected chi connectivity index (χ1v) is 14.5.